The number of carbonyl (C=O) groups is 1. The Balaban J connectivity index is 2.76. The number of aromatic nitrogens is 1. The van der Waals surface area contributed by atoms with Crippen LogP contribution in [0.4, 0.5) is 14.2 Å². The SMILES string of the molecule is N#Cc1c(NC(=O)O)sc2c(F)c[n+]([O-])cc12. The van der Waals surface area contributed by atoms with Gasteiger partial charge in [0.05, 0.1) is 10.1 Å². The van der Waals surface area contributed by atoms with E-state index in [1.807, 2.05) is 5.32 Å². The number of halogens is 1. The lowest BCUT2D eigenvalue weighted by Crippen LogP contribution is -2.25. The molecule has 0 bridgehead atoms. The van der Waals surface area contributed by atoms with Gasteiger partial charge < -0.3 is 10.3 Å². The molecule has 0 fully saturated rings. The summed E-state index contributed by atoms with van der Waals surface area (Å²) in [7, 11) is 0. The van der Waals surface area contributed by atoms with Crippen molar-refractivity contribution < 1.29 is 19.0 Å². The fraction of sp³-hybridized carbons (Fsp3) is 0. The fourth-order valence-corrected chi connectivity index (χ4v) is 2.39. The van der Waals surface area contributed by atoms with E-state index in [-0.39, 0.29) is 25.4 Å². The smallest absolute Gasteiger partial charge is 0.409 e. The van der Waals surface area contributed by atoms with Crippen molar-refractivity contribution in [1.82, 2.24) is 0 Å². The summed E-state index contributed by atoms with van der Waals surface area (Å²) >= 11 is 0.770. The van der Waals surface area contributed by atoms with E-state index in [2.05, 4.69) is 0 Å². The minimum atomic E-state index is -1.36. The van der Waals surface area contributed by atoms with Gasteiger partial charge in [-0.25, -0.2) is 4.79 Å². The van der Waals surface area contributed by atoms with Crippen molar-refractivity contribution in [3.8, 4) is 6.07 Å². The average Bonchev–Trinajstić information content (AvgIpc) is 2.54. The van der Waals surface area contributed by atoms with Gasteiger partial charge in [-0.3, -0.25) is 5.32 Å². The van der Waals surface area contributed by atoms with Crippen molar-refractivity contribution in [2.75, 3.05) is 5.32 Å². The fourth-order valence-electron chi connectivity index (χ4n) is 1.38. The van der Waals surface area contributed by atoms with Crippen LogP contribution < -0.4 is 10.0 Å². The second-order valence-corrected chi connectivity index (χ2v) is 4.08. The highest BCUT2D eigenvalue weighted by Crippen LogP contribution is 2.35. The Bertz CT molecular complexity index is 662. The molecule has 2 N–H and O–H groups in total. The summed E-state index contributed by atoms with van der Waals surface area (Å²) in [6.07, 6.45) is 0.383. The van der Waals surface area contributed by atoms with Gasteiger partial charge >= 0.3 is 6.09 Å². The number of thiophene rings is 1. The molecule has 0 saturated carbocycles. The predicted octanol–water partition coefficient (Wildman–Crippen LogP) is 1.64. The number of hydrogen-bond donors (Lipinski definition) is 2. The molecule has 0 atom stereocenters. The van der Waals surface area contributed by atoms with E-state index in [0.29, 0.717) is 6.20 Å². The highest BCUT2D eigenvalue weighted by atomic mass is 32.1. The van der Waals surface area contributed by atoms with E-state index < -0.39 is 11.9 Å². The summed E-state index contributed by atoms with van der Waals surface area (Å²) in [6.45, 7) is 0. The Hall–Kier alpha value is -2.40. The summed E-state index contributed by atoms with van der Waals surface area (Å²) < 4.78 is 13.7. The number of anilines is 1. The van der Waals surface area contributed by atoms with Crippen LogP contribution in [0.25, 0.3) is 10.1 Å². The zero-order chi connectivity index (χ0) is 12.6. The number of fused-ring (bicyclic) bond motifs is 1. The normalized spacial score (nSPS) is 10.1. The van der Waals surface area contributed by atoms with E-state index in [0.717, 1.165) is 17.5 Å². The third-order valence-electron chi connectivity index (χ3n) is 1.99. The number of carboxylic acid groups (broad SMARTS) is 1. The summed E-state index contributed by atoms with van der Waals surface area (Å²) in [4.78, 5) is 10.5. The molecule has 2 heterocycles. The Labute approximate surface area is 97.7 Å². The lowest BCUT2D eigenvalue weighted by Gasteiger charge is -1.96. The summed E-state index contributed by atoms with van der Waals surface area (Å²) in [5.41, 5.74) is -0.0588. The Morgan fingerprint density at radius 3 is 2.94 bits per heavy atom. The molecule has 0 aliphatic heterocycles. The molecule has 2 aromatic rings. The van der Waals surface area contributed by atoms with Gasteiger partial charge in [-0.2, -0.15) is 14.4 Å². The number of rotatable bonds is 1. The standard InChI is InChI=1S/C9H4FN3O3S/c10-6-3-13(16)2-5-4(1-11)8(12-9(14)15)17-7(5)6/h2-3,12H,(H,14,15). The van der Waals surface area contributed by atoms with Crippen LogP contribution in [0.15, 0.2) is 12.4 Å². The van der Waals surface area contributed by atoms with Gasteiger partial charge in [-0.05, 0) is 0 Å². The van der Waals surface area contributed by atoms with Gasteiger partial charge in [0, 0.05) is 0 Å². The molecule has 0 aliphatic rings. The van der Waals surface area contributed by atoms with Crippen molar-refractivity contribution in [1.29, 1.82) is 5.26 Å². The van der Waals surface area contributed by atoms with Crippen LogP contribution in [0.1, 0.15) is 5.56 Å². The Morgan fingerprint density at radius 2 is 2.35 bits per heavy atom. The van der Waals surface area contributed by atoms with Crippen LogP contribution in [0, 0.1) is 22.4 Å². The largest absolute Gasteiger partial charge is 0.619 e. The Kier molecular flexibility index (Phi) is 2.53. The van der Waals surface area contributed by atoms with Crippen molar-refractivity contribution in [2.24, 2.45) is 0 Å². The molecule has 0 spiro atoms. The molecular weight excluding hydrogens is 249 g/mol. The zero-order valence-corrected chi connectivity index (χ0v) is 8.92. The highest BCUT2D eigenvalue weighted by molar-refractivity contribution is 7.23. The molecule has 86 valence electrons. The molecule has 2 rings (SSSR count). The highest BCUT2D eigenvalue weighted by Gasteiger charge is 2.19. The molecule has 8 heteroatoms. The first-order valence-electron chi connectivity index (χ1n) is 4.27. The Morgan fingerprint density at radius 1 is 1.65 bits per heavy atom. The maximum Gasteiger partial charge on any atom is 0.409 e. The summed E-state index contributed by atoms with van der Waals surface area (Å²) in [5, 5.41) is 30.6. The van der Waals surface area contributed by atoms with Crippen molar-refractivity contribution in [2.45, 2.75) is 0 Å². The molecule has 17 heavy (non-hydrogen) atoms. The first-order chi connectivity index (χ1) is 8.02. The lowest BCUT2D eigenvalue weighted by molar-refractivity contribution is -0.605. The van der Waals surface area contributed by atoms with Gasteiger partial charge in [-0.1, -0.05) is 0 Å². The second kappa shape index (κ2) is 3.88. The lowest BCUT2D eigenvalue weighted by atomic mass is 10.2. The van der Waals surface area contributed by atoms with Crippen LogP contribution in [0.3, 0.4) is 0 Å². The van der Waals surface area contributed by atoms with Gasteiger partial charge in [0.15, 0.2) is 6.20 Å². The molecule has 2 aromatic heterocycles. The van der Waals surface area contributed by atoms with E-state index in [1.165, 1.54) is 0 Å². The topological polar surface area (TPSA) is 100 Å². The van der Waals surface area contributed by atoms with Crippen LogP contribution >= 0.6 is 11.3 Å². The number of nitrogens with zero attached hydrogens (tertiary/aromatic N) is 2. The summed E-state index contributed by atoms with van der Waals surface area (Å²) in [5.74, 6) is -0.794. The predicted molar refractivity (Wildman–Crippen MR) is 57.1 cm³/mol. The van der Waals surface area contributed by atoms with E-state index >= 15 is 0 Å². The monoisotopic (exact) mass is 253 g/mol. The van der Waals surface area contributed by atoms with Gasteiger partial charge in [-0.15, -0.1) is 11.3 Å². The molecule has 0 unspecified atom stereocenters. The maximum absolute atomic E-state index is 13.4. The molecule has 0 aliphatic carbocycles. The minimum absolute atomic E-state index is 0.0000926. The molecule has 0 aromatic carbocycles. The van der Waals surface area contributed by atoms with E-state index in [1.54, 1.807) is 6.07 Å². The molecule has 6 nitrogen and oxygen atoms in total. The number of pyridine rings is 1. The van der Waals surface area contributed by atoms with Crippen LogP contribution in [0.5, 0.6) is 0 Å². The zero-order valence-electron chi connectivity index (χ0n) is 8.10. The molecule has 0 radical (unpaired) electrons. The first-order valence-corrected chi connectivity index (χ1v) is 5.09. The van der Waals surface area contributed by atoms with Crippen molar-refractivity contribution >= 4 is 32.5 Å². The van der Waals surface area contributed by atoms with Crippen LogP contribution in [-0.2, 0) is 0 Å². The molecule has 0 saturated heterocycles. The molecular formula is C9H4FN3O3S. The van der Waals surface area contributed by atoms with Crippen molar-refractivity contribution in [3.05, 3.63) is 29.0 Å². The quantitative estimate of drug-likeness (QED) is 0.595. The van der Waals surface area contributed by atoms with Gasteiger partial charge in [0.1, 0.15) is 16.6 Å². The van der Waals surface area contributed by atoms with Crippen molar-refractivity contribution in [3.63, 3.8) is 0 Å². The van der Waals surface area contributed by atoms with Crippen LogP contribution in [-0.4, -0.2) is 11.2 Å². The first kappa shape index (κ1) is 11.1. The number of nitrogens with one attached hydrogen (secondary N) is 1. The third kappa shape index (κ3) is 1.83. The third-order valence-corrected chi connectivity index (χ3v) is 3.12. The van der Waals surface area contributed by atoms with Crippen LogP contribution in [0.2, 0.25) is 0 Å². The average molecular weight is 253 g/mol. The number of hydrogen-bond acceptors (Lipinski definition) is 4. The summed E-state index contributed by atoms with van der Waals surface area (Å²) in [6, 6.07) is 1.74. The number of nitriles is 1. The van der Waals surface area contributed by atoms with E-state index in [4.69, 9.17) is 10.4 Å². The maximum atomic E-state index is 13.4. The molecule has 1 amide bonds. The van der Waals surface area contributed by atoms with Gasteiger partial charge in [0.2, 0.25) is 12.0 Å². The van der Waals surface area contributed by atoms with E-state index in [9.17, 15) is 14.4 Å². The minimum Gasteiger partial charge on any atom is -0.619 e. The number of amides is 1. The second-order valence-electron chi connectivity index (χ2n) is 3.06. The van der Waals surface area contributed by atoms with Gasteiger partial charge in [0.25, 0.3) is 0 Å².